The normalized spacial score (nSPS) is 15.7. The molecule has 0 atom stereocenters. The average molecular weight is 485 g/mol. The molecule has 0 saturated heterocycles. The zero-order chi connectivity index (χ0) is 24.1. The van der Waals surface area contributed by atoms with Crippen molar-refractivity contribution < 1.29 is 28.5 Å². The van der Waals surface area contributed by atoms with Crippen molar-refractivity contribution in [1.82, 2.24) is 4.72 Å². The maximum Gasteiger partial charge on any atom is 0.240 e. The number of fused-ring (bicyclic) bond motifs is 1. The molecule has 0 unspecified atom stereocenters. The Kier molecular flexibility index (Phi) is 5.33. The second-order valence-corrected chi connectivity index (χ2v) is 10.4. The molecule has 3 aromatic carbocycles. The number of nitrogens with one attached hydrogen (secondary N) is 2. The zero-order valence-electron chi connectivity index (χ0n) is 18.6. The van der Waals surface area contributed by atoms with Gasteiger partial charge in [-0.3, -0.25) is 4.79 Å². The molecule has 1 amide bonds. The fourth-order valence-corrected chi connectivity index (χ4v) is 4.95. The molecule has 1 aliphatic carbocycles. The first-order valence-electron chi connectivity index (χ1n) is 10.8. The van der Waals surface area contributed by atoms with Crippen LogP contribution in [0.25, 0.3) is 11.1 Å². The van der Waals surface area contributed by atoms with Crippen LogP contribution in [0.1, 0.15) is 25.4 Å². The number of benzene rings is 3. The number of aryl methyl sites for hydroxylation is 1. The van der Waals surface area contributed by atoms with E-state index in [1.165, 1.54) is 19.2 Å². The van der Waals surface area contributed by atoms with Gasteiger partial charge in [0.25, 0.3) is 0 Å². The summed E-state index contributed by atoms with van der Waals surface area (Å²) in [7, 11) is -2.49. The fraction of sp³-hybridized carbons (Fsp3) is 0.240. The molecular weight excluding hydrogens is 459 g/mol. The van der Waals surface area contributed by atoms with E-state index in [-0.39, 0.29) is 24.6 Å². The Morgan fingerprint density at radius 3 is 2.47 bits per heavy atom. The van der Waals surface area contributed by atoms with Gasteiger partial charge in [0.1, 0.15) is 5.82 Å². The quantitative estimate of drug-likeness (QED) is 0.543. The van der Waals surface area contributed by atoms with Gasteiger partial charge in [-0.2, -0.15) is 0 Å². The molecule has 0 aromatic heterocycles. The summed E-state index contributed by atoms with van der Waals surface area (Å²) < 4.78 is 51.9. The number of carbonyl (C=O) groups is 1. The van der Waals surface area contributed by atoms with Gasteiger partial charge in [-0.1, -0.05) is 18.2 Å². The summed E-state index contributed by atoms with van der Waals surface area (Å²) in [6.07, 6.45) is 1.43. The number of sulfonamides is 1. The zero-order valence-corrected chi connectivity index (χ0v) is 19.5. The highest BCUT2D eigenvalue weighted by molar-refractivity contribution is 7.89. The molecule has 5 rings (SSSR count). The Hall–Kier alpha value is -3.43. The molecule has 34 heavy (non-hydrogen) atoms. The SMILES string of the molecule is CNS(=O)(=O)c1ccc(-c2cc(NC(=O)C3(c4ccc5c(c4)OCO5)CC3)ccc2C)c(F)c1.[HH]. The first-order valence-corrected chi connectivity index (χ1v) is 12.3. The summed E-state index contributed by atoms with van der Waals surface area (Å²) in [5, 5.41) is 2.97. The maximum absolute atomic E-state index is 14.9. The van der Waals surface area contributed by atoms with Gasteiger partial charge in [-0.15, -0.1) is 0 Å². The van der Waals surface area contributed by atoms with Crippen LogP contribution in [-0.4, -0.2) is 28.2 Å². The number of hydrogen-bond acceptors (Lipinski definition) is 5. The van der Waals surface area contributed by atoms with Gasteiger partial charge in [0.05, 0.1) is 10.3 Å². The highest BCUT2D eigenvalue weighted by atomic mass is 32.2. The summed E-state index contributed by atoms with van der Waals surface area (Å²) >= 11 is 0. The number of ether oxygens (including phenoxy) is 2. The van der Waals surface area contributed by atoms with Crippen LogP contribution < -0.4 is 19.5 Å². The second kappa shape index (κ2) is 8.11. The monoisotopic (exact) mass is 484 g/mol. The topological polar surface area (TPSA) is 93.7 Å². The van der Waals surface area contributed by atoms with E-state index in [9.17, 15) is 17.6 Å². The van der Waals surface area contributed by atoms with Crippen molar-refractivity contribution in [3.05, 3.63) is 71.5 Å². The van der Waals surface area contributed by atoms with Crippen LogP contribution in [0.4, 0.5) is 10.1 Å². The summed E-state index contributed by atoms with van der Waals surface area (Å²) in [6, 6.07) is 14.6. The highest BCUT2D eigenvalue weighted by Gasteiger charge is 2.51. The van der Waals surface area contributed by atoms with Crippen LogP contribution in [0.3, 0.4) is 0 Å². The van der Waals surface area contributed by atoms with Gasteiger partial charge in [0.2, 0.25) is 22.7 Å². The smallest absolute Gasteiger partial charge is 0.240 e. The third kappa shape index (κ3) is 3.80. The van der Waals surface area contributed by atoms with Gasteiger partial charge in [0, 0.05) is 12.7 Å². The lowest BCUT2D eigenvalue weighted by atomic mass is 9.94. The lowest BCUT2D eigenvalue weighted by Crippen LogP contribution is -2.27. The summed E-state index contributed by atoms with van der Waals surface area (Å²) in [5.74, 6) is 0.492. The minimum Gasteiger partial charge on any atom is -0.454 e. The number of hydrogen-bond donors (Lipinski definition) is 2. The van der Waals surface area contributed by atoms with Crippen LogP contribution in [0.2, 0.25) is 0 Å². The molecule has 1 saturated carbocycles. The van der Waals surface area contributed by atoms with Crippen LogP contribution >= 0.6 is 0 Å². The number of anilines is 1. The van der Waals surface area contributed by atoms with E-state index in [1.807, 2.05) is 25.1 Å². The van der Waals surface area contributed by atoms with Gasteiger partial charge in [-0.25, -0.2) is 17.5 Å². The third-order valence-corrected chi connectivity index (χ3v) is 7.83. The van der Waals surface area contributed by atoms with Crippen LogP contribution in [-0.2, 0) is 20.2 Å². The first-order chi connectivity index (χ1) is 16.2. The molecule has 1 heterocycles. The lowest BCUT2D eigenvalue weighted by Gasteiger charge is -2.17. The van der Waals surface area contributed by atoms with Gasteiger partial charge in [-0.05, 0) is 79.9 Å². The average Bonchev–Trinajstić information content (AvgIpc) is 3.51. The Balaban J connectivity index is 0.00000289. The van der Waals surface area contributed by atoms with Crippen molar-refractivity contribution in [3.8, 4) is 22.6 Å². The van der Waals surface area contributed by atoms with Crippen molar-refractivity contribution in [2.45, 2.75) is 30.1 Å². The minimum absolute atomic E-state index is 0. The van der Waals surface area contributed by atoms with E-state index < -0.39 is 21.3 Å². The molecule has 178 valence electrons. The second-order valence-electron chi connectivity index (χ2n) is 8.48. The molecule has 2 aliphatic rings. The van der Waals surface area contributed by atoms with Crippen LogP contribution in [0.15, 0.2) is 59.5 Å². The number of halogens is 1. The van der Waals surface area contributed by atoms with Crippen molar-refractivity contribution in [3.63, 3.8) is 0 Å². The van der Waals surface area contributed by atoms with Gasteiger partial charge < -0.3 is 14.8 Å². The van der Waals surface area contributed by atoms with E-state index in [2.05, 4.69) is 10.0 Å². The third-order valence-electron chi connectivity index (χ3n) is 6.41. The summed E-state index contributed by atoms with van der Waals surface area (Å²) in [4.78, 5) is 13.1. The van der Waals surface area contributed by atoms with Crippen molar-refractivity contribution >= 4 is 21.6 Å². The summed E-state index contributed by atoms with van der Waals surface area (Å²) in [5.41, 5.74) is 2.37. The largest absolute Gasteiger partial charge is 0.454 e. The Morgan fingerprint density at radius 1 is 1.00 bits per heavy atom. The number of amides is 1. The Morgan fingerprint density at radius 2 is 1.76 bits per heavy atom. The molecule has 9 heteroatoms. The molecule has 0 spiro atoms. The molecule has 2 N–H and O–H groups in total. The fourth-order valence-electron chi connectivity index (χ4n) is 4.21. The summed E-state index contributed by atoms with van der Waals surface area (Å²) in [6.45, 7) is 2.00. The van der Waals surface area contributed by atoms with Gasteiger partial charge >= 0.3 is 0 Å². The van der Waals surface area contributed by atoms with Crippen molar-refractivity contribution in [2.24, 2.45) is 0 Å². The van der Waals surface area contributed by atoms with Gasteiger partial charge in [0.15, 0.2) is 11.5 Å². The highest BCUT2D eigenvalue weighted by Crippen LogP contribution is 2.51. The first kappa shape index (κ1) is 22.4. The number of rotatable bonds is 6. The molecule has 0 radical (unpaired) electrons. The maximum atomic E-state index is 14.9. The van der Waals surface area contributed by atoms with E-state index in [1.54, 1.807) is 18.2 Å². The molecule has 1 fully saturated rings. The molecular formula is C25H25FN2O5S. The van der Waals surface area contributed by atoms with Crippen LogP contribution in [0.5, 0.6) is 11.5 Å². The molecule has 1 aliphatic heterocycles. The van der Waals surface area contributed by atoms with E-state index in [4.69, 9.17) is 9.47 Å². The Labute approximate surface area is 198 Å². The lowest BCUT2D eigenvalue weighted by molar-refractivity contribution is -0.118. The van der Waals surface area contributed by atoms with Crippen molar-refractivity contribution in [1.29, 1.82) is 0 Å². The Bertz CT molecular complexity index is 1420. The number of carbonyl (C=O) groups excluding carboxylic acids is 1. The van der Waals surface area contributed by atoms with Crippen LogP contribution in [0, 0.1) is 12.7 Å². The predicted octanol–water partition coefficient (Wildman–Crippen LogP) is 4.35. The molecule has 7 nitrogen and oxygen atoms in total. The standard InChI is InChI=1S/C25H23FN2O5S.H2/c1-15-3-5-17(12-20(15)19-7-6-18(13-21(19)26)34(30,31)27-2)28-24(29)25(9-10-25)16-4-8-22-23(11-16)33-14-32-22;/h3-8,11-13,27H,9-10,14H2,1-2H3,(H,28,29);1H. The van der Waals surface area contributed by atoms with E-state index in [0.717, 1.165) is 17.2 Å². The molecule has 3 aromatic rings. The van der Waals surface area contributed by atoms with E-state index in [0.29, 0.717) is 35.6 Å². The van der Waals surface area contributed by atoms with Crippen molar-refractivity contribution in [2.75, 3.05) is 19.2 Å². The predicted molar refractivity (Wildman–Crippen MR) is 127 cm³/mol. The molecule has 0 bridgehead atoms. The van der Waals surface area contributed by atoms with E-state index >= 15 is 0 Å². The minimum atomic E-state index is -3.76.